The van der Waals surface area contributed by atoms with E-state index in [4.69, 9.17) is 0 Å². The summed E-state index contributed by atoms with van der Waals surface area (Å²) in [4.78, 5) is 11.8. The van der Waals surface area contributed by atoms with Crippen molar-refractivity contribution in [3.8, 4) is 5.69 Å². The number of benzene rings is 1. The number of aromatic nitrogens is 3. The zero-order valence-corrected chi connectivity index (χ0v) is 12.1. The molecule has 0 saturated carbocycles. The van der Waals surface area contributed by atoms with E-state index in [1.807, 2.05) is 35.9 Å². The third kappa shape index (κ3) is 3.02. The average Bonchev–Trinajstić information content (AvgIpc) is 2.69. The number of amides is 1. The maximum atomic E-state index is 11.8. The lowest BCUT2D eigenvalue weighted by Crippen LogP contribution is -2.30. The summed E-state index contributed by atoms with van der Waals surface area (Å²) in [7, 11) is -3.63. The lowest BCUT2D eigenvalue weighted by molar-refractivity contribution is 0.0976. The van der Waals surface area contributed by atoms with Gasteiger partial charge in [-0.3, -0.25) is 4.79 Å². The summed E-state index contributed by atoms with van der Waals surface area (Å²) < 4.78 is 25.5. The van der Waals surface area contributed by atoms with E-state index in [0.29, 0.717) is 5.69 Å². The van der Waals surface area contributed by atoms with Gasteiger partial charge in [-0.05, 0) is 31.5 Å². The monoisotopic (exact) mass is 294 g/mol. The van der Waals surface area contributed by atoms with Gasteiger partial charge in [0.2, 0.25) is 10.0 Å². The molecule has 0 aliphatic heterocycles. The molecule has 2 rings (SSSR count). The molecule has 0 bridgehead atoms. The summed E-state index contributed by atoms with van der Waals surface area (Å²) in [5.74, 6) is -0.788. The van der Waals surface area contributed by atoms with E-state index in [9.17, 15) is 13.2 Å². The SMILES string of the molecule is Cc1cccc(-n2nnc(C(=O)NS(C)(=O)=O)c2C)c1. The second-order valence-electron chi connectivity index (χ2n) is 4.48. The molecule has 0 atom stereocenters. The molecular formula is C12H14N4O3S. The van der Waals surface area contributed by atoms with Crippen LogP contribution >= 0.6 is 0 Å². The smallest absolute Gasteiger partial charge is 0.266 e. The number of carbonyl (C=O) groups is 1. The molecule has 0 fully saturated rings. The Labute approximate surface area is 116 Å². The van der Waals surface area contributed by atoms with E-state index < -0.39 is 15.9 Å². The Kier molecular flexibility index (Phi) is 3.58. The molecule has 106 valence electrons. The highest BCUT2D eigenvalue weighted by Gasteiger charge is 2.19. The van der Waals surface area contributed by atoms with Gasteiger partial charge in [-0.2, -0.15) is 0 Å². The lowest BCUT2D eigenvalue weighted by Gasteiger charge is -2.04. The van der Waals surface area contributed by atoms with Crippen molar-refractivity contribution in [1.29, 1.82) is 0 Å². The molecule has 1 N–H and O–H groups in total. The fourth-order valence-electron chi connectivity index (χ4n) is 1.76. The average molecular weight is 294 g/mol. The van der Waals surface area contributed by atoms with Gasteiger partial charge in [0.15, 0.2) is 5.69 Å². The molecule has 1 heterocycles. The van der Waals surface area contributed by atoms with E-state index in [-0.39, 0.29) is 5.69 Å². The quantitative estimate of drug-likeness (QED) is 0.893. The van der Waals surface area contributed by atoms with Crippen LogP contribution in [0.15, 0.2) is 24.3 Å². The molecular weight excluding hydrogens is 280 g/mol. The summed E-state index contributed by atoms with van der Waals surface area (Å²) >= 11 is 0. The Morgan fingerprint density at radius 3 is 2.60 bits per heavy atom. The highest BCUT2D eigenvalue weighted by Crippen LogP contribution is 2.13. The van der Waals surface area contributed by atoms with Crippen LogP contribution in [-0.4, -0.2) is 35.6 Å². The van der Waals surface area contributed by atoms with Crippen molar-refractivity contribution in [2.45, 2.75) is 13.8 Å². The minimum atomic E-state index is -3.63. The van der Waals surface area contributed by atoms with E-state index in [1.54, 1.807) is 6.92 Å². The first-order valence-electron chi connectivity index (χ1n) is 5.79. The maximum Gasteiger partial charge on any atom is 0.287 e. The maximum absolute atomic E-state index is 11.8. The van der Waals surface area contributed by atoms with Gasteiger partial charge in [0.25, 0.3) is 5.91 Å². The number of aryl methyl sites for hydroxylation is 1. The molecule has 1 aromatic heterocycles. The Morgan fingerprint density at radius 1 is 1.30 bits per heavy atom. The van der Waals surface area contributed by atoms with Crippen molar-refractivity contribution in [1.82, 2.24) is 19.7 Å². The third-order valence-electron chi connectivity index (χ3n) is 2.63. The zero-order chi connectivity index (χ0) is 14.9. The van der Waals surface area contributed by atoms with E-state index in [0.717, 1.165) is 17.5 Å². The van der Waals surface area contributed by atoms with Gasteiger partial charge < -0.3 is 0 Å². The fraction of sp³-hybridized carbons (Fsp3) is 0.250. The minimum Gasteiger partial charge on any atom is -0.266 e. The predicted octanol–water partition coefficient (Wildman–Crippen LogP) is 0.574. The van der Waals surface area contributed by atoms with Crippen molar-refractivity contribution in [3.63, 3.8) is 0 Å². The number of hydrogen-bond acceptors (Lipinski definition) is 5. The van der Waals surface area contributed by atoms with Crippen LogP contribution in [0.2, 0.25) is 0 Å². The largest absolute Gasteiger partial charge is 0.287 e. The first kappa shape index (κ1) is 14.2. The summed E-state index contributed by atoms with van der Waals surface area (Å²) in [6.45, 7) is 3.59. The fourth-order valence-corrected chi connectivity index (χ4v) is 2.19. The minimum absolute atomic E-state index is 0.0167. The lowest BCUT2D eigenvalue weighted by atomic mass is 10.2. The molecule has 0 aliphatic carbocycles. The van der Waals surface area contributed by atoms with Crippen molar-refractivity contribution in [3.05, 3.63) is 41.2 Å². The Hall–Kier alpha value is -2.22. The molecule has 2 aromatic rings. The molecule has 0 radical (unpaired) electrons. The number of sulfonamides is 1. The third-order valence-corrected chi connectivity index (χ3v) is 3.19. The highest BCUT2D eigenvalue weighted by molar-refractivity contribution is 7.89. The summed E-state index contributed by atoms with van der Waals surface area (Å²) in [5.41, 5.74) is 2.25. The van der Waals surface area contributed by atoms with E-state index in [1.165, 1.54) is 4.68 Å². The van der Waals surface area contributed by atoms with Crippen LogP contribution in [0.25, 0.3) is 5.69 Å². The Balaban J connectivity index is 2.39. The molecule has 7 nitrogen and oxygen atoms in total. The molecule has 0 saturated heterocycles. The molecule has 1 amide bonds. The van der Waals surface area contributed by atoms with Gasteiger partial charge in [-0.15, -0.1) is 5.10 Å². The molecule has 1 aromatic carbocycles. The van der Waals surface area contributed by atoms with Crippen LogP contribution in [-0.2, 0) is 10.0 Å². The van der Waals surface area contributed by atoms with Gasteiger partial charge in [-0.1, -0.05) is 17.3 Å². The van der Waals surface area contributed by atoms with Crippen LogP contribution in [0, 0.1) is 13.8 Å². The number of hydrogen-bond donors (Lipinski definition) is 1. The standard InChI is InChI=1S/C12H14N4O3S/c1-8-5-4-6-10(7-8)16-9(2)11(13-15-16)12(17)14-20(3,18)19/h4-7H,1-3H3,(H,14,17). The number of carbonyl (C=O) groups excluding carboxylic acids is 1. The topological polar surface area (TPSA) is 93.9 Å². The normalized spacial score (nSPS) is 11.3. The van der Waals surface area contributed by atoms with Gasteiger partial charge >= 0.3 is 0 Å². The van der Waals surface area contributed by atoms with Crippen molar-refractivity contribution in [2.75, 3.05) is 6.26 Å². The highest BCUT2D eigenvalue weighted by atomic mass is 32.2. The summed E-state index contributed by atoms with van der Waals surface area (Å²) in [6, 6.07) is 7.52. The van der Waals surface area contributed by atoms with Crippen LogP contribution < -0.4 is 4.72 Å². The summed E-state index contributed by atoms with van der Waals surface area (Å²) in [5, 5.41) is 7.63. The van der Waals surface area contributed by atoms with Crippen molar-refractivity contribution < 1.29 is 13.2 Å². The number of nitrogens with one attached hydrogen (secondary N) is 1. The molecule has 0 spiro atoms. The van der Waals surface area contributed by atoms with Crippen LogP contribution in [0.4, 0.5) is 0 Å². The second-order valence-corrected chi connectivity index (χ2v) is 6.23. The van der Waals surface area contributed by atoms with Crippen LogP contribution in [0.1, 0.15) is 21.7 Å². The first-order chi connectivity index (χ1) is 9.28. The van der Waals surface area contributed by atoms with Crippen molar-refractivity contribution in [2.24, 2.45) is 0 Å². The molecule has 8 heteroatoms. The molecule has 0 unspecified atom stereocenters. The van der Waals surface area contributed by atoms with Gasteiger partial charge in [-0.25, -0.2) is 17.8 Å². The van der Waals surface area contributed by atoms with Crippen LogP contribution in [0.3, 0.4) is 0 Å². The van der Waals surface area contributed by atoms with Gasteiger partial charge in [0.05, 0.1) is 17.6 Å². The molecule has 0 aliphatic rings. The van der Waals surface area contributed by atoms with Crippen molar-refractivity contribution >= 4 is 15.9 Å². The second kappa shape index (κ2) is 5.04. The number of rotatable bonds is 3. The van der Waals surface area contributed by atoms with Crippen LogP contribution in [0.5, 0.6) is 0 Å². The zero-order valence-electron chi connectivity index (χ0n) is 11.3. The summed E-state index contributed by atoms with van der Waals surface area (Å²) in [6.07, 6.45) is 0.908. The molecule has 20 heavy (non-hydrogen) atoms. The van der Waals surface area contributed by atoms with Gasteiger partial charge in [0, 0.05) is 0 Å². The predicted molar refractivity (Wildman–Crippen MR) is 73.1 cm³/mol. The number of nitrogens with zero attached hydrogens (tertiary/aromatic N) is 3. The Morgan fingerprint density at radius 2 is 2.00 bits per heavy atom. The van der Waals surface area contributed by atoms with E-state index >= 15 is 0 Å². The van der Waals surface area contributed by atoms with Gasteiger partial charge in [0.1, 0.15) is 0 Å². The Bertz CT molecular complexity index is 765. The van der Waals surface area contributed by atoms with E-state index in [2.05, 4.69) is 10.3 Å². The first-order valence-corrected chi connectivity index (χ1v) is 7.68.